The number of carbonyl (C=O) groups is 1. The molecule has 0 saturated carbocycles. The summed E-state index contributed by atoms with van der Waals surface area (Å²) in [5.41, 5.74) is 1.00. The van der Waals surface area contributed by atoms with Crippen molar-refractivity contribution in [2.75, 3.05) is 5.32 Å². The van der Waals surface area contributed by atoms with Crippen molar-refractivity contribution in [2.24, 2.45) is 13.0 Å². The molecule has 7 nitrogen and oxygen atoms in total. The highest BCUT2D eigenvalue weighted by Crippen LogP contribution is 2.20. The van der Waals surface area contributed by atoms with Crippen LogP contribution in [0.5, 0.6) is 0 Å². The van der Waals surface area contributed by atoms with Crippen LogP contribution in [-0.4, -0.2) is 25.7 Å². The first-order valence-corrected chi connectivity index (χ1v) is 7.20. The fourth-order valence-corrected chi connectivity index (χ4v) is 2.44. The Bertz CT molecular complexity index is 757. The standard InChI is InChI=1S/C15H17N5O2/c1-19-15(22)20(18-17-19)13-9-7-12(8-10-13)16-14(21)11-5-3-2-4-6-11/h2-3,7-11H,4-6H2,1H3,(H,16,21)/t11-/m0/s1. The van der Waals surface area contributed by atoms with E-state index in [-0.39, 0.29) is 17.5 Å². The largest absolute Gasteiger partial charge is 0.368 e. The fourth-order valence-electron chi connectivity index (χ4n) is 2.44. The summed E-state index contributed by atoms with van der Waals surface area (Å²) in [6.45, 7) is 0. The molecule has 2 aromatic rings. The zero-order valence-corrected chi connectivity index (χ0v) is 12.3. The van der Waals surface area contributed by atoms with E-state index in [1.165, 1.54) is 4.68 Å². The third-order valence-corrected chi connectivity index (χ3v) is 3.74. The number of nitrogens with zero attached hydrogens (tertiary/aromatic N) is 4. The Balaban J connectivity index is 1.72. The molecule has 1 aromatic heterocycles. The molecular formula is C15H17N5O2. The average molecular weight is 299 g/mol. The van der Waals surface area contributed by atoms with Crippen LogP contribution in [0.2, 0.25) is 0 Å². The molecule has 22 heavy (non-hydrogen) atoms. The highest BCUT2D eigenvalue weighted by Gasteiger charge is 2.18. The lowest BCUT2D eigenvalue weighted by atomic mass is 9.93. The normalized spacial score (nSPS) is 17.4. The maximum atomic E-state index is 12.2. The van der Waals surface area contributed by atoms with Gasteiger partial charge in [-0.3, -0.25) is 4.79 Å². The molecule has 114 valence electrons. The highest BCUT2D eigenvalue weighted by molar-refractivity contribution is 5.92. The molecule has 1 heterocycles. The van der Waals surface area contributed by atoms with E-state index < -0.39 is 0 Å². The number of hydrogen-bond acceptors (Lipinski definition) is 4. The van der Waals surface area contributed by atoms with Crippen LogP contribution in [0.1, 0.15) is 19.3 Å². The number of allylic oxidation sites excluding steroid dienone is 2. The third-order valence-electron chi connectivity index (χ3n) is 3.74. The highest BCUT2D eigenvalue weighted by atomic mass is 16.2. The molecule has 0 unspecified atom stereocenters. The van der Waals surface area contributed by atoms with E-state index in [1.807, 2.05) is 0 Å². The topological polar surface area (TPSA) is 81.8 Å². The van der Waals surface area contributed by atoms with E-state index in [0.717, 1.165) is 23.9 Å². The summed E-state index contributed by atoms with van der Waals surface area (Å²) in [5, 5.41) is 10.3. The minimum Gasteiger partial charge on any atom is -0.326 e. The molecule has 1 aliphatic rings. The van der Waals surface area contributed by atoms with Crippen LogP contribution in [0.4, 0.5) is 5.69 Å². The lowest BCUT2D eigenvalue weighted by Crippen LogP contribution is -2.23. The van der Waals surface area contributed by atoms with Crippen molar-refractivity contribution < 1.29 is 4.79 Å². The van der Waals surface area contributed by atoms with E-state index in [9.17, 15) is 9.59 Å². The first-order chi connectivity index (χ1) is 10.6. The molecule has 0 aliphatic heterocycles. The minimum absolute atomic E-state index is 0.0345. The number of hydrogen-bond donors (Lipinski definition) is 1. The number of tetrazole rings is 1. The molecular weight excluding hydrogens is 282 g/mol. The van der Waals surface area contributed by atoms with Crippen molar-refractivity contribution in [1.82, 2.24) is 19.8 Å². The third kappa shape index (κ3) is 2.83. The van der Waals surface area contributed by atoms with Crippen LogP contribution in [0.15, 0.2) is 41.2 Å². The van der Waals surface area contributed by atoms with Crippen molar-refractivity contribution in [3.63, 3.8) is 0 Å². The summed E-state index contributed by atoms with van der Waals surface area (Å²) in [6, 6.07) is 6.97. The van der Waals surface area contributed by atoms with Crippen molar-refractivity contribution in [2.45, 2.75) is 19.3 Å². The first kappa shape index (κ1) is 14.2. The monoisotopic (exact) mass is 299 g/mol. The Morgan fingerprint density at radius 2 is 2.00 bits per heavy atom. The number of rotatable bonds is 3. The van der Waals surface area contributed by atoms with Crippen molar-refractivity contribution >= 4 is 11.6 Å². The summed E-state index contributed by atoms with van der Waals surface area (Å²) in [6.07, 6.45) is 6.79. The number of carbonyl (C=O) groups excluding carboxylic acids is 1. The van der Waals surface area contributed by atoms with Gasteiger partial charge in [0.2, 0.25) is 5.91 Å². The summed E-state index contributed by atoms with van der Waals surface area (Å²) < 4.78 is 2.36. The van der Waals surface area contributed by atoms with Crippen LogP contribution >= 0.6 is 0 Å². The molecule has 1 N–H and O–H groups in total. The predicted molar refractivity (Wildman–Crippen MR) is 81.7 cm³/mol. The molecule has 0 fully saturated rings. The van der Waals surface area contributed by atoms with Crippen molar-refractivity contribution in [1.29, 1.82) is 0 Å². The minimum atomic E-state index is -0.314. The number of aryl methyl sites for hydroxylation is 1. The van der Waals surface area contributed by atoms with Gasteiger partial charge in [-0.25, -0.2) is 4.79 Å². The van der Waals surface area contributed by atoms with Gasteiger partial charge < -0.3 is 5.32 Å². The molecule has 7 heteroatoms. The second-order valence-corrected chi connectivity index (χ2v) is 5.31. The predicted octanol–water partition coefficient (Wildman–Crippen LogP) is 1.26. The Labute approximate surface area is 127 Å². The van der Waals surface area contributed by atoms with Crippen molar-refractivity contribution in [3.05, 3.63) is 46.9 Å². The number of anilines is 1. The molecule has 0 spiro atoms. The van der Waals surface area contributed by atoms with Gasteiger partial charge in [0, 0.05) is 18.7 Å². The van der Waals surface area contributed by atoms with Gasteiger partial charge in [0.1, 0.15) is 0 Å². The summed E-state index contributed by atoms with van der Waals surface area (Å²) in [4.78, 5) is 23.9. The zero-order valence-electron chi connectivity index (χ0n) is 12.3. The summed E-state index contributed by atoms with van der Waals surface area (Å²) in [7, 11) is 1.54. The van der Waals surface area contributed by atoms with Gasteiger partial charge in [-0.05, 0) is 54.0 Å². The number of amides is 1. The fraction of sp³-hybridized carbons (Fsp3) is 0.333. The smallest absolute Gasteiger partial charge is 0.326 e. The molecule has 0 saturated heterocycles. The van der Waals surface area contributed by atoms with E-state index in [0.29, 0.717) is 11.4 Å². The number of aromatic nitrogens is 4. The summed E-state index contributed by atoms with van der Waals surface area (Å²) >= 11 is 0. The maximum Gasteiger partial charge on any atom is 0.368 e. The Kier molecular flexibility index (Phi) is 3.86. The maximum absolute atomic E-state index is 12.2. The van der Waals surface area contributed by atoms with Gasteiger partial charge in [0.25, 0.3) is 0 Å². The SMILES string of the molecule is Cn1nnn(-c2ccc(NC(=O)[C@H]3CC=CCC3)cc2)c1=O. The van der Waals surface area contributed by atoms with Crippen LogP contribution in [0.25, 0.3) is 5.69 Å². The molecule has 1 amide bonds. The van der Waals surface area contributed by atoms with Gasteiger partial charge in [-0.1, -0.05) is 12.2 Å². The summed E-state index contributed by atoms with van der Waals surface area (Å²) in [5.74, 6) is 0.0704. The first-order valence-electron chi connectivity index (χ1n) is 7.20. The van der Waals surface area contributed by atoms with Crippen LogP contribution < -0.4 is 11.0 Å². The van der Waals surface area contributed by atoms with E-state index in [1.54, 1.807) is 31.3 Å². The molecule has 1 aromatic carbocycles. The Morgan fingerprint density at radius 1 is 1.23 bits per heavy atom. The molecule has 1 atom stereocenters. The molecule has 1 aliphatic carbocycles. The van der Waals surface area contributed by atoms with Gasteiger partial charge in [0.15, 0.2) is 0 Å². The molecule has 0 radical (unpaired) electrons. The van der Waals surface area contributed by atoms with Crippen LogP contribution in [0, 0.1) is 5.92 Å². The van der Waals surface area contributed by atoms with Crippen LogP contribution in [0.3, 0.4) is 0 Å². The van der Waals surface area contributed by atoms with Gasteiger partial charge >= 0.3 is 5.69 Å². The second-order valence-electron chi connectivity index (χ2n) is 5.31. The molecule has 3 rings (SSSR count). The Morgan fingerprint density at radius 3 is 2.59 bits per heavy atom. The Hall–Kier alpha value is -2.70. The van der Waals surface area contributed by atoms with Crippen molar-refractivity contribution in [3.8, 4) is 5.69 Å². The lowest BCUT2D eigenvalue weighted by molar-refractivity contribution is -0.120. The average Bonchev–Trinajstić information content (AvgIpc) is 2.89. The zero-order chi connectivity index (χ0) is 15.5. The van der Waals surface area contributed by atoms with Gasteiger partial charge in [-0.15, -0.1) is 0 Å². The number of benzene rings is 1. The quantitative estimate of drug-likeness (QED) is 0.865. The lowest BCUT2D eigenvalue weighted by Gasteiger charge is -2.17. The second kappa shape index (κ2) is 5.97. The van der Waals surface area contributed by atoms with Gasteiger partial charge in [-0.2, -0.15) is 9.36 Å². The molecule has 0 bridgehead atoms. The van der Waals surface area contributed by atoms with E-state index >= 15 is 0 Å². The van der Waals surface area contributed by atoms with Gasteiger partial charge in [0.05, 0.1) is 5.69 Å². The van der Waals surface area contributed by atoms with Crippen LogP contribution in [-0.2, 0) is 11.8 Å². The number of nitrogens with one attached hydrogen (secondary N) is 1. The van der Waals surface area contributed by atoms with E-state index in [4.69, 9.17) is 0 Å². The van der Waals surface area contributed by atoms with E-state index in [2.05, 4.69) is 27.9 Å².